The highest BCUT2D eigenvalue weighted by Crippen LogP contribution is 2.15. The summed E-state index contributed by atoms with van der Waals surface area (Å²) in [6.07, 6.45) is 93.1. The monoisotopic (exact) mass is 1090 g/mol. The van der Waals surface area contributed by atoms with Gasteiger partial charge in [-0.2, -0.15) is 0 Å². The van der Waals surface area contributed by atoms with Gasteiger partial charge >= 0.3 is 17.9 Å². The van der Waals surface area contributed by atoms with Gasteiger partial charge in [-0.05, 0) is 122 Å². The molecule has 1 atom stereocenters. The van der Waals surface area contributed by atoms with E-state index in [0.717, 1.165) is 148 Å². The molecular weight excluding hydrogens is 973 g/mol. The Bertz CT molecular complexity index is 1680. The van der Waals surface area contributed by atoms with Crippen LogP contribution in [0.2, 0.25) is 0 Å². The van der Waals surface area contributed by atoms with Crippen LogP contribution in [-0.2, 0) is 28.6 Å². The molecule has 0 aliphatic rings. The summed E-state index contributed by atoms with van der Waals surface area (Å²) in [6, 6.07) is 0. The Morgan fingerprint density at radius 1 is 0.266 bits per heavy atom. The van der Waals surface area contributed by atoms with Gasteiger partial charge in [-0.25, -0.2) is 0 Å². The summed E-state index contributed by atoms with van der Waals surface area (Å²) in [5, 5.41) is 0. The highest BCUT2D eigenvalue weighted by molar-refractivity contribution is 5.71. The molecule has 0 aromatic rings. The van der Waals surface area contributed by atoms with Crippen molar-refractivity contribution in [2.45, 2.75) is 297 Å². The molecule has 1 unspecified atom stereocenters. The van der Waals surface area contributed by atoms with Crippen molar-refractivity contribution in [2.75, 3.05) is 13.2 Å². The number of rotatable bonds is 58. The summed E-state index contributed by atoms with van der Waals surface area (Å²) in [6.45, 7) is 6.47. The number of ether oxygens (including phenoxy) is 3. The number of hydrogen-bond donors (Lipinski definition) is 0. The van der Waals surface area contributed by atoms with Crippen LogP contribution in [0.25, 0.3) is 0 Å². The lowest BCUT2D eigenvalue weighted by Gasteiger charge is -2.18. The van der Waals surface area contributed by atoms with Gasteiger partial charge in [-0.1, -0.05) is 283 Å². The molecule has 0 aliphatic carbocycles. The van der Waals surface area contributed by atoms with Gasteiger partial charge in [0.2, 0.25) is 0 Å². The summed E-state index contributed by atoms with van der Waals surface area (Å²) in [5.74, 6) is -0.939. The van der Waals surface area contributed by atoms with Crippen LogP contribution < -0.4 is 0 Å². The summed E-state index contributed by atoms with van der Waals surface area (Å²) in [5.41, 5.74) is 0. The van der Waals surface area contributed by atoms with Gasteiger partial charge in [0.15, 0.2) is 6.10 Å². The molecule has 0 radical (unpaired) electrons. The summed E-state index contributed by atoms with van der Waals surface area (Å²) in [4.78, 5) is 38.3. The third-order valence-corrected chi connectivity index (χ3v) is 13.6. The Labute approximate surface area is 487 Å². The van der Waals surface area contributed by atoms with Crippen molar-refractivity contribution in [2.24, 2.45) is 0 Å². The van der Waals surface area contributed by atoms with Gasteiger partial charge in [-0.3, -0.25) is 14.4 Å². The largest absolute Gasteiger partial charge is 0.462 e. The van der Waals surface area contributed by atoms with E-state index in [4.69, 9.17) is 14.2 Å². The Morgan fingerprint density at radius 2 is 0.494 bits per heavy atom. The van der Waals surface area contributed by atoms with Crippen LogP contribution in [0.3, 0.4) is 0 Å². The minimum Gasteiger partial charge on any atom is -0.462 e. The molecule has 0 saturated heterocycles. The van der Waals surface area contributed by atoms with Gasteiger partial charge in [0.25, 0.3) is 0 Å². The van der Waals surface area contributed by atoms with E-state index in [1.807, 2.05) is 0 Å². The zero-order chi connectivity index (χ0) is 57.1. The highest BCUT2D eigenvalue weighted by Gasteiger charge is 2.19. The Balaban J connectivity index is 4.40. The minimum atomic E-state index is -0.803. The second-order valence-corrected chi connectivity index (χ2v) is 21.3. The van der Waals surface area contributed by atoms with Crippen LogP contribution in [0.15, 0.2) is 134 Å². The minimum absolute atomic E-state index is 0.0952. The van der Waals surface area contributed by atoms with Crippen molar-refractivity contribution in [3.63, 3.8) is 0 Å². The molecule has 0 rings (SSSR count). The first-order valence-electron chi connectivity index (χ1n) is 32.7. The first-order chi connectivity index (χ1) is 39.0. The molecule has 6 nitrogen and oxygen atoms in total. The maximum atomic E-state index is 12.9. The molecule has 0 heterocycles. The van der Waals surface area contributed by atoms with E-state index < -0.39 is 6.10 Å². The predicted molar refractivity (Wildman–Crippen MR) is 343 cm³/mol. The summed E-state index contributed by atoms with van der Waals surface area (Å²) >= 11 is 0. The molecule has 448 valence electrons. The van der Waals surface area contributed by atoms with Crippen LogP contribution in [0.1, 0.15) is 290 Å². The molecule has 0 amide bonds. The van der Waals surface area contributed by atoms with Gasteiger partial charge in [0, 0.05) is 19.3 Å². The molecule has 0 aromatic heterocycles. The topological polar surface area (TPSA) is 78.9 Å². The Kier molecular flexibility index (Phi) is 62.3. The lowest BCUT2D eigenvalue weighted by Crippen LogP contribution is -2.30. The van der Waals surface area contributed by atoms with Gasteiger partial charge in [0.05, 0.1) is 0 Å². The first-order valence-corrected chi connectivity index (χ1v) is 32.7. The molecule has 0 aromatic carbocycles. The van der Waals surface area contributed by atoms with E-state index in [0.29, 0.717) is 19.3 Å². The van der Waals surface area contributed by atoms with E-state index in [2.05, 4.69) is 154 Å². The fourth-order valence-corrected chi connectivity index (χ4v) is 8.76. The van der Waals surface area contributed by atoms with E-state index in [1.165, 1.54) is 103 Å². The summed E-state index contributed by atoms with van der Waals surface area (Å²) in [7, 11) is 0. The van der Waals surface area contributed by atoms with Gasteiger partial charge < -0.3 is 14.2 Å². The molecular formula is C73H120O6. The average molecular weight is 1090 g/mol. The number of carbonyl (C=O) groups excluding carboxylic acids is 3. The smallest absolute Gasteiger partial charge is 0.306 e. The number of unbranched alkanes of at least 4 members (excludes halogenated alkanes) is 25. The van der Waals surface area contributed by atoms with Crippen molar-refractivity contribution >= 4 is 17.9 Å². The van der Waals surface area contributed by atoms with Crippen LogP contribution in [0.4, 0.5) is 0 Å². The third-order valence-electron chi connectivity index (χ3n) is 13.6. The summed E-state index contributed by atoms with van der Waals surface area (Å²) < 4.78 is 16.9. The molecule has 0 spiro atoms. The molecule has 0 fully saturated rings. The number of allylic oxidation sites excluding steroid dienone is 22. The fourth-order valence-electron chi connectivity index (χ4n) is 8.76. The quantitative estimate of drug-likeness (QED) is 0.0261. The molecule has 0 bridgehead atoms. The molecule has 0 aliphatic heterocycles. The number of carbonyl (C=O) groups is 3. The van der Waals surface area contributed by atoms with Gasteiger partial charge in [-0.15, -0.1) is 0 Å². The Hall–Kier alpha value is -4.45. The molecule has 6 heteroatoms. The van der Waals surface area contributed by atoms with E-state index in [9.17, 15) is 14.4 Å². The maximum absolute atomic E-state index is 12.9. The number of esters is 3. The van der Waals surface area contributed by atoms with Crippen LogP contribution >= 0.6 is 0 Å². The Morgan fingerprint density at radius 3 is 0.810 bits per heavy atom. The van der Waals surface area contributed by atoms with Crippen LogP contribution in [-0.4, -0.2) is 37.2 Å². The molecule has 0 N–H and O–H groups in total. The first kappa shape index (κ1) is 74.5. The molecule has 0 saturated carbocycles. The van der Waals surface area contributed by atoms with E-state index in [-0.39, 0.29) is 31.1 Å². The van der Waals surface area contributed by atoms with Crippen molar-refractivity contribution in [1.29, 1.82) is 0 Å². The van der Waals surface area contributed by atoms with Crippen molar-refractivity contribution < 1.29 is 28.6 Å². The SMILES string of the molecule is CC/C=C\C/C=C\C/C=C\C/C=C\C/C=C\C/C=C\C/C=C\C/C=C\C/C=C\CCCCCC(=O)OCC(COC(=O)CCCCCCCCCCCCCCCCC)OC(=O)CCCCCCC/C=C\C/C=C\CCCCC. The van der Waals surface area contributed by atoms with Crippen molar-refractivity contribution in [3.05, 3.63) is 134 Å². The highest BCUT2D eigenvalue weighted by atomic mass is 16.6. The van der Waals surface area contributed by atoms with E-state index >= 15 is 0 Å². The standard InChI is InChI=1S/C73H120O6/c1-4-7-10-13-16-19-22-25-28-29-30-31-32-33-34-35-36-37-38-39-40-41-42-43-46-48-51-54-57-60-63-66-72(75)78-69-70(79-73(76)67-64-61-58-55-52-49-45-27-24-21-18-15-12-9-6-3)68-77-71(74)65-62-59-56-53-50-47-44-26-23-20-17-14-11-8-5-2/h7,10,16,18-19,21,25,27-28,30-31,33-34,36-37,39-40,42-43,45,48,51,70H,4-6,8-9,11-15,17,20,22-24,26,29,32,35,38,41,44,46-47,49-50,52-69H2,1-3H3/b10-7-,19-16-,21-18-,28-25-,31-30-,34-33-,37-36-,40-39-,43-42-,45-27-,51-48-. The van der Waals surface area contributed by atoms with E-state index in [1.54, 1.807) is 0 Å². The average Bonchev–Trinajstić information content (AvgIpc) is 3.45. The van der Waals surface area contributed by atoms with Gasteiger partial charge in [0.1, 0.15) is 13.2 Å². The molecule has 79 heavy (non-hydrogen) atoms. The number of hydrogen-bond acceptors (Lipinski definition) is 6. The zero-order valence-corrected chi connectivity index (χ0v) is 51.3. The second kappa shape index (κ2) is 66.1. The van der Waals surface area contributed by atoms with Crippen molar-refractivity contribution in [1.82, 2.24) is 0 Å². The third kappa shape index (κ3) is 64.3. The van der Waals surface area contributed by atoms with Crippen LogP contribution in [0.5, 0.6) is 0 Å². The van der Waals surface area contributed by atoms with Crippen LogP contribution in [0, 0.1) is 0 Å². The lowest BCUT2D eigenvalue weighted by molar-refractivity contribution is -0.167. The maximum Gasteiger partial charge on any atom is 0.306 e. The fraction of sp³-hybridized carbons (Fsp3) is 0.658. The van der Waals surface area contributed by atoms with Crippen molar-refractivity contribution in [3.8, 4) is 0 Å². The predicted octanol–water partition coefficient (Wildman–Crippen LogP) is 22.5. The second-order valence-electron chi connectivity index (χ2n) is 21.3. The zero-order valence-electron chi connectivity index (χ0n) is 51.3. The lowest BCUT2D eigenvalue weighted by atomic mass is 10.0. The normalized spacial score (nSPS) is 13.0.